The quantitative estimate of drug-likeness (QED) is 0.0602. The van der Waals surface area contributed by atoms with Crippen LogP contribution < -0.4 is 0 Å². The molecule has 0 fully saturated rings. The summed E-state index contributed by atoms with van der Waals surface area (Å²) in [4.78, 5) is 2.85. The molecule has 0 aromatic rings. The van der Waals surface area contributed by atoms with Gasteiger partial charge in [-0.1, -0.05) is 175 Å². The highest BCUT2D eigenvalue weighted by molar-refractivity contribution is 5.78. The summed E-state index contributed by atoms with van der Waals surface area (Å²) in [6, 6.07) is 0.779. The zero-order valence-corrected chi connectivity index (χ0v) is 28.6. The van der Waals surface area contributed by atoms with E-state index in [1.807, 2.05) is 0 Å². The summed E-state index contributed by atoms with van der Waals surface area (Å²) in [5.74, 6) is 1.70. The molecule has 0 spiro atoms. The van der Waals surface area contributed by atoms with E-state index in [0.717, 1.165) is 6.04 Å². The summed E-state index contributed by atoms with van der Waals surface area (Å²) in [6.45, 7) is 13.2. The molecular formula is C38H77N2+. The van der Waals surface area contributed by atoms with Crippen molar-refractivity contribution in [1.29, 1.82) is 0 Å². The van der Waals surface area contributed by atoms with Crippen LogP contribution in [-0.2, 0) is 0 Å². The number of likely N-dealkylation sites (N-methyl/N-ethyl adjacent to an activating group) is 1. The lowest BCUT2D eigenvalue weighted by molar-refractivity contribution is -0.515. The Balaban J connectivity index is 2.11. The van der Waals surface area contributed by atoms with E-state index in [1.54, 1.807) is 5.84 Å². The van der Waals surface area contributed by atoms with Gasteiger partial charge in [0, 0.05) is 6.42 Å². The molecule has 0 saturated heterocycles. The number of rotatable bonds is 31. The first-order chi connectivity index (χ1) is 19.8. The molecule has 0 saturated carbocycles. The van der Waals surface area contributed by atoms with Gasteiger partial charge in [0.05, 0.1) is 12.6 Å². The Bertz CT molecular complexity index is 554. The third kappa shape index (κ3) is 19.6. The molecule has 0 aromatic carbocycles. The van der Waals surface area contributed by atoms with Gasteiger partial charge in [-0.2, -0.15) is 0 Å². The van der Waals surface area contributed by atoms with Crippen molar-refractivity contribution in [2.24, 2.45) is 0 Å². The number of hydrogen-bond acceptors (Lipinski definition) is 1. The molecular weight excluding hydrogens is 484 g/mol. The molecule has 2 nitrogen and oxygen atoms in total. The highest BCUT2D eigenvalue weighted by atomic mass is 15.3. The SMILES string of the molecule is CCCCCCCCCCCCCCCC1=[N+](CC)CCN1C(CC)CCCCCCCCCCCCCCC. The van der Waals surface area contributed by atoms with E-state index in [2.05, 4.69) is 37.2 Å². The fourth-order valence-electron chi connectivity index (χ4n) is 6.98. The molecule has 1 heterocycles. The molecule has 0 bridgehead atoms. The maximum atomic E-state index is 2.85. The Morgan fingerprint density at radius 3 is 1.25 bits per heavy atom. The highest BCUT2D eigenvalue weighted by Gasteiger charge is 2.34. The van der Waals surface area contributed by atoms with E-state index in [1.165, 1.54) is 206 Å². The molecule has 40 heavy (non-hydrogen) atoms. The lowest BCUT2D eigenvalue weighted by Crippen LogP contribution is -2.38. The van der Waals surface area contributed by atoms with Crippen LogP contribution in [0.3, 0.4) is 0 Å². The average Bonchev–Trinajstić information content (AvgIpc) is 3.38. The van der Waals surface area contributed by atoms with E-state index in [9.17, 15) is 0 Å². The normalized spacial score (nSPS) is 14.6. The Morgan fingerprint density at radius 2 is 0.875 bits per heavy atom. The number of nitrogens with zero attached hydrogens (tertiary/aromatic N) is 2. The van der Waals surface area contributed by atoms with Crippen LogP contribution in [0, 0.1) is 0 Å². The summed E-state index contributed by atoms with van der Waals surface area (Å²) in [5, 5.41) is 0. The monoisotopic (exact) mass is 562 g/mol. The second-order valence-corrected chi connectivity index (χ2v) is 13.3. The first-order valence-electron chi connectivity index (χ1n) is 19.2. The Hall–Kier alpha value is -0.530. The minimum Gasteiger partial charge on any atom is -0.262 e. The third-order valence-electron chi connectivity index (χ3n) is 9.75. The molecule has 0 N–H and O–H groups in total. The second kappa shape index (κ2) is 28.6. The second-order valence-electron chi connectivity index (χ2n) is 13.3. The zero-order chi connectivity index (χ0) is 28.9. The number of amidine groups is 1. The van der Waals surface area contributed by atoms with E-state index in [4.69, 9.17) is 0 Å². The molecule has 0 aromatic heterocycles. The summed E-state index contributed by atoms with van der Waals surface area (Å²) in [7, 11) is 0. The maximum Gasteiger partial charge on any atom is 0.247 e. The smallest absolute Gasteiger partial charge is 0.247 e. The van der Waals surface area contributed by atoms with Gasteiger partial charge in [-0.05, 0) is 32.6 Å². The van der Waals surface area contributed by atoms with Crippen molar-refractivity contribution in [3.63, 3.8) is 0 Å². The van der Waals surface area contributed by atoms with Crippen molar-refractivity contribution in [1.82, 2.24) is 4.90 Å². The Kier molecular flexibility index (Phi) is 26.8. The van der Waals surface area contributed by atoms with Gasteiger partial charge in [0.1, 0.15) is 13.1 Å². The van der Waals surface area contributed by atoms with Gasteiger partial charge in [-0.3, -0.25) is 9.48 Å². The summed E-state index contributed by atoms with van der Waals surface area (Å²) in [6.07, 6.45) is 41.8. The average molecular weight is 562 g/mol. The van der Waals surface area contributed by atoms with E-state index >= 15 is 0 Å². The van der Waals surface area contributed by atoms with Gasteiger partial charge < -0.3 is 0 Å². The molecule has 2 heteroatoms. The predicted octanol–water partition coefficient (Wildman–Crippen LogP) is 12.5. The first kappa shape index (κ1) is 37.5. The predicted molar refractivity (Wildman–Crippen MR) is 182 cm³/mol. The Morgan fingerprint density at radius 1 is 0.500 bits per heavy atom. The van der Waals surface area contributed by atoms with Crippen molar-refractivity contribution in [3.8, 4) is 0 Å². The number of unbranched alkanes of at least 4 members (excludes halogenated alkanes) is 24. The van der Waals surface area contributed by atoms with Crippen LogP contribution in [0.1, 0.15) is 214 Å². The minimum atomic E-state index is 0.779. The third-order valence-corrected chi connectivity index (χ3v) is 9.75. The van der Waals surface area contributed by atoms with Gasteiger partial charge >= 0.3 is 0 Å². The topological polar surface area (TPSA) is 6.25 Å². The Labute approximate surface area is 254 Å². The summed E-state index contributed by atoms with van der Waals surface area (Å²) < 4.78 is 2.70. The molecule has 1 rings (SSSR count). The van der Waals surface area contributed by atoms with Crippen LogP contribution in [0.15, 0.2) is 0 Å². The van der Waals surface area contributed by atoms with Crippen LogP contribution >= 0.6 is 0 Å². The lowest BCUT2D eigenvalue weighted by Gasteiger charge is -2.23. The maximum absolute atomic E-state index is 2.85. The molecule has 0 aliphatic carbocycles. The molecule has 1 aliphatic rings. The van der Waals surface area contributed by atoms with Crippen molar-refractivity contribution >= 4 is 5.84 Å². The van der Waals surface area contributed by atoms with Crippen molar-refractivity contribution < 1.29 is 4.58 Å². The van der Waals surface area contributed by atoms with Gasteiger partial charge in [0.25, 0.3) is 0 Å². The van der Waals surface area contributed by atoms with E-state index in [0.29, 0.717) is 0 Å². The van der Waals surface area contributed by atoms with E-state index < -0.39 is 0 Å². The van der Waals surface area contributed by atoms with Crippen LogP contribution in [0.25, 0.3) is 0 Å². The van der Waals surface area contributed by atoms with Gasteiger partial charge in [-0.15, -0.1) is 0 Å². The van der Waals surface area contributed by atoms with Crippen molar-refractivity contribution in [2.45, 2.75) is 220 Å². The van der Waals surface area contributed by atoms with Gasteiger partial charge in [0.2, 0.25) is 5.84 Å². The fourth-order valence-corrected chi connectivity index (χ4v) is 6.98. The molecule has 1 aliphatic heterocycles. The zero-order valence-electron chi connectivity index (χ0n) is 28.6. The van der Waals surface area contributed by atoms with Crippen LogP contribution in [0.5, 0.6) is 0 Å². The van der Waals surface area contributed by atoms with Crippen molar-refractivity contribution in [2.75, 3.05) is 19.6 Å². The summed E-state index contributed by atoms with van der Waals surface area (Å²) in [5.41, 5.74) is 0. The summed E-state index contributed by atoms with van der Waals surface area (Å²) >= 11 is 0. The first-order valence-corrected chi connectivity index (χ1v) is 19.2. The molecule has 238 valence electrons. The van der Waals surface area contributed by atoms with Crippen LogP contribution in [0.2, 0.25) is 0 Å². The molecule has 1 atom stereocenters. The molecule has 0 radical (unpaired) electrons. The molecule has 1 unspecified atom stereocenters. The largest absolute Gasteiger partial charge is 0.262 e. The number of hydrogen-bond donors (Lipinski definition) is 0. The van der Waals surface area contributed by atoms with Crippen LogP contribution in [0.4, 0.5) is 0 Å². The minimum absolute atomic E-state index is 0.779. The lowest BCUT2D eigenvalue weighted by atomic mass is 10.0. The van der Waals surface area contributed by atoms with Crippen molar-refractivity contribution in [3.05, 3.63) is 0 Å². The standard InChI is InChI=1S/C38H77N2/c1-5-9-11-13-15-17-19-21-23-25-27-29-31-33-37(7-3)40-36-35-39(8-4)38(40)34-32-30-28-26-24-22-20-18-16-14-12-10-6-2/h37H,5-36H2,1-4H3/q+1. The highest BCUT2D eigenvalue weighted by Crippen LogP contribution is 2.21. The van der Waals surface area contributed by atoms with E-state index in [-0.39, 0.29) is 0 Å². The van der Waals surface area contributed by atoms with Gasteiger partial charge in [-0.25, -0.2) is 0 Å². The molecule has 0 amide bonds. The fraction of sp³-hybridized carbons (Fsp3) is 0.974. The van der Waals surface area contributed by atoms with Gasteiger partial charge in [0.15, 0.2) is 0 Å². The van der Waals surface area contributed by atoms with Crippen LogP contribution in [-0.4, -0.2) is 41.0 Å².